The highest BCUT2D eigenvalue weighted by molar-refractivity contribution is 7.09. The van der Waals surface area contributed by atoms with Crippen LogP contribution in [0.25, 0.3) is 11.0 Å². The summed E-state index contributed by atoms with van der Waals surface area (Å²) in [6.07, 6.45) is 1.75. The van der Waals surface area contributed by atoms with Gasteiger partial charge in [0.25, 0.3) is 5.91 Å². The van der Waals surface area contributed by atoms with Gasteiger partial charge in [0, 0.05) is 11.4 Å². The molecule has 1 amide bonds. The van der Waals surface area contributed by atoms with Crippen LogP contribution in [0.4, 0.5) is 0 Å². The Balaban J connectivity index is 1.46. The van der Waals surface area contributed by atoms with Crippen LogP contribution < -0.4 is 5.32 Å². The summed E-state index contributed by atoms with van der Waals surface area (Å²) in [6, 6.07) is 9.31. The van der Waals surface area contributed by atoms with E-state index in [9.17, 15) is 4.79 Å². The molecule has 0 bridgehead atoms. The number of hydrogen-bond donors (Lipinski definition) is 1. The summed E-state index contributed by atoms with van der Waals surface area (Å²) < 4.78 is 7.28. The van der Waals surface area contributed by atoms with Crippen molar-refractivity contribution in [3.8, 4) is 0 Å². The highest BCUT2D eigenvalue weighted by atomic mass is 32.1. The van der Waals surface area contributed by atoms with Crippen LogP contribution in [-0.4, -0.2) is 25.6 Å². The van der Waals surface area contributed by atoms with E-state index in [-0.39, 0.29) is 17.6 Å². The molecular formula is C18H17N5O2S. The Morgan fingerprint density at radius 3 is 3.04 bits per heavy atom. The molecule has 7 nitrogen and oxygen atoms in total. The average Bonchev–Trinajstić information content (AvgIpc) is 3.36. The van der Waals surface area contributed by atoms with E-state index in [2.05, 4.69) is 20.4 Å². The smallest absolute Gasteiger partial charge is 0.274 e. The molecule has 132 valence electrons. The molecule has 26 heavy (non-hydrogen) atoms. The summed E-state index contributed by atoms with van der Waals surface area (Å²) in [4.78, 5) is 21.1. The number of nitrogens with zero attached hydrogens (tertiary/aromatic N) is 4. The van der Waals surface area contributed by atoms with Gasteiger partial charge in [-0.1, -0.05) is 17.3 Å². The fraction of sp³-hybridized carbons (Fsp3) is 0.222. The number of aromatic nitrogens is 4. The zero-order chi connectivity index (χ0) is 18.1. The van der Waals surface area contributed by atoms with Gasteiger partial charge in [-0.3, -0.25) is 4.79 Å². The molecule has 0 aliphatic carbocycles. The first-order chi connectivity index (χ1) is 12.6. The maximum Gasteiger partial charge on any atom is 0.274 e. The first kappa shape index (κ1) is 16.5. The highest BCUT2D eigenvalue weighted by Gasteiger charge is 2.17. The standard InChI is InChI=1S/C18H17N5O2S/c1-11(16-9-26-12(2)21-16)20-18(24)15-7-13(25-22-15)8-23-10-19-14-5-3-4-6-17(14)23/h3-7,9-11H,8H2,1-2H3,(H,20,24). The van der Waals surface area contributed by atoms with Crippen molar-refractivity contribution in [2.75, 3.05) is 0 Å². The summed E-state index contributed by atoms with van der Waals surface area (Å²) in [7, 11) is 0. The number of carbonyl (C=O) groups excluding carboxylic acids is 1. The van der Waals surface area contributed by atoms with E-state index in [1.54, 1.807) is 23.7 Å². The summed E-state index contributed by atoms with van der Waals surface area (Å²) in [5.74, 6) is 0.309. The number of nitrogens with one attached hydrogen (secondary N) is 1. The molecule has 3 heterocycles. The van der Waals surface area contributed by atoms with Crippen LogP contribution in [-0.2, 0) is 6.54 Å². The molecule has 0 aliphatic heterocycles. The van der Waals surface area contributed by atoms with Crippen LogP contribution >= 0.6 is 11.3 Å². The molecule has 0 saturated heterocycles. The van der Waals surface area contributed by atoms with Crippen molar-refractivity contribution >= 4 is 28.3 Å². The summed E-state index contributed by atoms with van der Waals surface area (Å²) in [6.45, 7) is 4.29. The number of hydrogen-bond acceptors (Lipinski definition) is 6. The molecule has 3 aromatic heterocycles. The van der Waals surface area contributed by atoms with Gasteiger partial charge in [0.1, 0.15) is 0 Å². The third-order valence-corrected chi connectivity index (χ3v) is 4.86. The highest BCUT2D eigenvalue weighted by Crippen LogP contribution is 2.17. The first-order valence-corrected chi connectivity index (χ1v) is 9.06. The number of rotatable bonds is 5. The van der Waals surface area contributed by atoms with E-state index in [0.29, 0.717) is 12.3 Å². The number of aryl methyl sites for hydroxylation is 1. The van der Waals surface area contributed by atoms with Crippen LogP contribution in [0.3, 0.4) is 0 Å². The van der Waals surface area contributed by atoms with Gasteiger partial charge in [0.15, 0.2) is 11.5 Å². The number of amides is 1. The van der Waals surface area contributed by atoms with Crippen molar-refractivity contribution in [2.24, 2.45) is 0 Å². The minimum Gasteiger partial charge on any atom is -0.359 e. The van der Waals surface area contributed by atoms with E-state index in [4.69, 9.17) is 4.52 Å². The van der Waals surface area contributed by atoms with E-state index in [0.717, 1.165) is 21.7 Å². The molecule has 8 heteroatoms. The van der Waals surface area contributed by atoms with Gasteiger partial charge < -0.3 is 14.4 Å². The SMILES string of the molecule is Cc1nc(C(C)NC(=O)c2cc(Cn3cnc4ccccc43)on2)cs1. The third-order valence-electron chi connectivity index (χ3n) is 4.07. The van der Waals surface area contributed by atoms with E-state index in [1.807, 2.05) is 48.1 Å². The van der Waals surface area contributed by atoms with Gasteiger partial charge in [0.2, 0.25) is 0 Å². The van der Waals surface area contributed by atoms with Gasteiger partial charge in [0.05, 0.1) is 40.6 Å². The normalized spacial score (nSPS) is 12.4. The molecule has 4 rings (SSSR count). The average molecular weight is 367 g/mol. The Kier molecular flexibility index (Phi) is 4.26. The van der Waals surface area contributed by atoms with E-state index >= 15 is 0 Å². The second kappa shape index (κ2) is 6.72. The van der Waals surface area contributed by atoms with E-state index < -0.39 is 0 Å². The van der Waals surface area contributed by atoms with Gasteiger partial charge in [-0.2, -0.15) is 0 Å². The molecule has 0 saturated carbocycles. The molecule has 1 N–H and O–H groups in total. The Morgan fingerprint density at radius 2 is 2.23 bits per heavy atom. The molecule has 1 unspecified atom stereocenters. The number of fused-ring (bicyclic) bond motifs is 1. The van der Waals surface area contributed by atoms with Crippen molar-refractivity contribution in [2.45, 2.75) is 26.4 Å². The molecule has 0 aliphatic rings. The maximum atomic E-state index is 12.4. The lowest BCUT2D eigenvalue weighted by Crippen LogP contribution is -2.27. The van der Waals surface area contributed by atoms with Gasteiger partial charge in [-0.05, 0) is 26.0 Å². The quantitative estimate of drug-likeness (QED) is 0.585. The maximum absolute atomic E-state index is 12.4. The lowest BCUT2D eigenvalue weighted by Gasteiger charge is -2.09. The number of imidazole rings is 1. The molecule has 0 spiro atoms. The Hall–Kier alpha value is -3.00. The Morgan fingerprint density at radius 1 is 1.38 bits per heavy atom. The molecule has 0 fully saturated rings. The minimum atomic E-state index is -0.284. The lowest BCUT2D eigenvalue weighted by molar-refractivity contribution is 0.0930. The molecule has 1 aromatic carbocycles. The predicted molar refractivity (Wildman–Crippen MR) is 98.1 cm³/mol. The van der Waals surface area contributed by atoms with Crippen molar-refractivity contribution in [3.63, 3.8) is 0 Å². The van der Waals surface area contributed by atoms with Gasteiger partial charge in [-0.15, -0.1) is 11.3 Å². The molecule has 0 radical (unpaired) electrons. The topological polar surface area (TPSA) is 85.8 Å². The van der Waals surface area contributed by atoms with E-state index in [1.165, 1.54) is 0 Å². The van der Waals surface area contributed by atoms with Crippen molar-refractivity contribution in [1.29, 1.82) is 0 Å². The Labute approximate surface area is 153 Å². The number of thiazole rings is 1. The van der Waals surface area contributed by atoms with Crippen LogP contribution in [0.5, 0.6) is 0 Å². The number of para-hydroxylation sites is 2. The zero-order valence-corrected chi connectivity index (χ0v) is 15.2. The van der Waals surface area contributed by atoms with Crippen molar-refractivity contribution in [1.82, 2.24) is 25.0 Å². The van der Waals surface area contributed by atoms with Gasteiger partial charge in [-0.25, -0.2) is 9.97 Å². The third kappa shape index (κ3) is 3.23. The van der Waals surface area contributed by atoms with Crippen LogP contribution in [0.15, 0.2) is 46.6 Å². The van der Waals surface area contributed by atoms with Crippen molar-refractivity contribution in [3.05, 3.63) is 64.2 Å². The molecule has 1 atom stereocenters. The summed E-state index contributed by atoms with van der Waals surface area (Å²) in [5, 5.41) is 9.69. The summed E-state index contributed by atoms with van der Waals surface area (Å²) in [5.41, 5.74) is 3.01. The second-order valence-corrected chi connectivity index (χ2v) is 7.09. The first-order valence-electron chi connectivity index (χ1n) is 8.18. The lowest BCUT2D eigenvalue weighted by atomic mass is 10.2. The van der Waals surface area contributed by atoms with Crippen LogP contribution in [0, 0.1) is 6.92 Å². The van der Waals surface area contributed by atoms with Crippen LogP contribution in [0.1, 0.15) is 39.9 Å². The monoisotopic (exact) mass is 367 g/mol. The number of carbonyl (C=O) groups is 1. The Bertz CT molecular complexity index is 1060. The zero-order valence-electron chi connectivity index (χ0n) is 14.3. The largest absolute Gasteiger partial charge is 0.359 e. The summed E-state index contributed by atoms with van der Waals surface area (Å²) >= 11 is 1.56. The predicted octanol–water partition coefficient (Wildman–Crippen LogP) is 3.33. The van der Waals surface area contributed by atoms with Gasteiger partial charge >= 0.3 is 0 Å². The fourth-order valence-corrected chi connectivity index (χ4v) is 3.43. The second-order valence-electron chi connectivity index (χ2n) is 6.03. The molecule has 4 aromatic rings. The van der Waals surface area contributed by atoms with Crippen molar-refractivity contribution < 1.29 is 9.32 Å². The minimum absolute atomic E-state index is 0.190. The van der Waals surface area contributed by atoms with Crippen LogP contribution in [0.2, 0.25) is 0 Å². The number of benzene rings is 1. The molecular weight excluding hydrogens is 350 g/mol. The fourth-order valence-electron chi connectivity index (χ4n) is 2.72.